The molecule has 5 nitrogen and oxygen atoms in total. The van der Waals surface area contributed by atoms with E-state index in [1.165, 1.54) is 12.8 Å². The SMILES string of the molecule is C=CCC(CC)C1/C=C(N2C3CCC2COC3)/N=C(C)\C=C/NN1. The molecule has 3 rings (SSSR count). The van der Waals surface area contributed by atoms with E-state index in [1.807, 2.05) is 18.4 Å². The Morgan fingerprint density at radius 2 is 2.17 bits per heavy atom. The fourth-order valence-electron chi connectivity index (χ4n) is 3.95. The highest BCUT2D eigenvalue weighted by molar-refractivity contribution is 5.93. The highest BCUT2D eigenvalue weighted by atomic mass is 16.5. The maximum absolute atomic E-state index is 5.75. The number of fused-ring (bicyclic) bond motifs is 2. The molecule has 3 heterocycles. The van der Waals surface area contributed by atoms with Crippen LogP contribution in [0.5, 0.6) is 0 Å². The van der Waals surface area contributed by atoms with Gasteiger partial charge < -0.3 is 15.1 Å². The maximum Gasteiger partial charge on any atom is 0.127 e. The zero-order valence-electron chi connectivity index (χ0n) is 14.9. The number of hydrazine groups is 1. The molecule has 4 unspecified atom stereocenters. The van der Waals surface area contributed by atoms with Crippen molar-refractivity contribution in [2.24, 2.45) is 10.9 Å². The third-order valence-corrected chi connectivity index (χ3v) is 5.28. The minimum Gasteiger partial charge on any atom is -0.377 e. The number of nitrogens with one attached hydrogen (secondary N) is 2. The van der Waals surface area contributed by atoms with Crippen molar-refractivity contribution in [2.45, 2.75) is 57.7 Å². The van der Waals surface area contributed by atoms with Crippen molar-refractivity contribution in [1.29, 1.82) is 0 Å². The average Bonchev–Trinajstić information content (AvgIpc) is 2.87. The van der Waals surface area contributed by atoms with Gasteiger partial charge in [0.15, 0.2) is 0 Å². The van der Waals surface area contributed by atoms with E-state index in [-0.39, 0.29) is 6.04 Å². The van der Waals surface area contributed by atoms with Gasteiger partial charge in [-0.25, -0.2) is 10.4 Å². The average molecular weight is 330 g/mol. The van der Waals surface area contributed by atoms with Gasteiger partial charge in [0.05, 0.1) is 31.3 Å². The van der Waals surface area contributed by atoms with E-state index >= 15 is 0 Å². The van der Waals surface area contributed by atoms with Crippen LogP contribution in [0.4, 0.5) is 0 Å². The number of nitrogens with zero attached hydrogens (tertiary/aromatic N) is 2. The van der Waals surface area contributed by atoms with E-state index in [4.69, 9.17) is 9.73 Å². The third-order valence-electron chi connectivity index (χ3n) is 5.28. The van der Waals surface area contributed by atoms with Crippen LogP contribution in [0.3, 0.4) is 0 Å². The lowest BCUT2D eigenvalue weighted by atomic mass is 9.93. The molecule has 0 saturated carbocycles. The van der Waals surface area contributed by atoms with Gasteiger partial charge in [-0.1, -0.05) is 19.4 Å². The molecule has 4 atom stereocenters. The number of hydrogen-bond acceptors (Lipinski definition) is 5. The first-order valence-electron chi connectivity index (χ1n) is 9.14. The number of morpholine rings is 1. The summed E-state index contributed by atoms with van der Waals surface area (Å²) in [4.78, 5) is 7.44. The molecule has 2 N–H and O–H groups in total. The minimum absolute atomic E-state index is 0.213. The molecule has 0 amide bonds. The van der Waals surface area contributed by atoms with Crippen molar-refractivity contribution in [1.82, 2.24) is 15.8 Å². The lowest BCUT2D eigenvalue weighted by Crippen LogP contribution is -2.46. The maximum atomic E-state index is 5.75. The predicted molar refractivity (Wildman–Crippen MR) is 98.5 cm³/mol. The summed E-state index contributed by atoms with van der Waals surface area (Å²) in [7, 11) is 0. The van der Waals surface area contributed by atoms with E-state index in [0.717, 1.165) is 37.6 Å². The molecule has 0 aromatic rings. The summed E-state index contributed by atoms with van der Waals surface area (Å²) in [6, 6.07) is 1.14. The second kappa shape index (κ2) is 7.99. The molecule has 2 fully saturated rings. The second-order valence-corrected chi connectivity index (χ2v) is 6.95. The Morgan fingerprint density at radius 1 is 1.42 bits per heavy atom. The van der Waals surface area contributed by atoms with Crippen LogP contribution in [0, 0.1) is 5.92 Å². The molecule has 132 valence electrons. The molecular formula is C19H30N4O. The summed E-state index contributed by atoms with van der Waals surface area (Å²) in [6.45, 7) is 9.84. The van der Waals surface area contributed by atoms with Gasteiger partial charge in [0.1, 0.15) is 5.82 Å². The van der Waals surface area contributed by atoms with Crippen molar-refractivity contribution < 1.29 is 4.74 Å². The van der Waals surface area contributed by atoms with Gasteiger partial charge in [0.2, 0.25) is 0 Å². The monoisotopic (exact) mass is 330 g/mol. The van der Waals surface area contributed by atoms with Gasteiger partial charge in [-0.05, 0) is 44.3 Å². The Hall–Kier alpha value is -1.59. The molecule has 0 aliphatic carbocycles. The smallest absolute Gasteiger partial charge is 0.127 e. The first-order chi connectivity index (χ1) is 11.7. The topological polar surface area (TPSA) is 48.9 Å². The predicted octanol–water partition coefficient (Wildman–Crippen LogP) is 2.74. The van der Waals surface area contributed by atoms with Crippen LogP contribution in [0.2, 0.25) is 0 Å². The van der Waals surface area contributed by atoms with Crippen LogP contribution in [0.25, 0.3) is 0 Å². The molecule has 2 bridgehead atoms. The lowest BCUT2D eigenvalue weighted by Gasteiger charge is -2.37. The van der Waals surface area contributed by atoms with E-state index < -0.39 is 0 Å². The number of rotatable bonds is 5. The molecule has 5 heteroatoms. The highest BCUT2D eigenvalue weighted by Gasteiger charge is 2.39. The molecule has 24 heavy (non-hydrogen) atoms. The van der Waals surface area contributed by atoms with Gasteiger partial charge in [-0.2, -0.15) is 0 Å². The lowest BCUT2D eigenvalue weighted by molar-refractivity contribution is 0.00248. The Labute approximate surface area is 145 Å². The highest BCUT2D eigenvalue weighted by Crippen LogP contribution is 2.33. The van der Waals surface area contributed by atoms with Gasteiger partial charge in [-0.15, -0.1) is 6.58 Å². The number of aliphatic imine (C=N–C) groups is 1. The Morgan fingerprint density at radius 3 is 2.83 bits per heavy atom. The molecule has 0 aromatic heterocycles. The molecule has 0 radical (unpaired) electrons. The molecule has 2 saturated heterocycles. The summed E-state index contributed by atoms with van der Waals surface area (Å²) in [5.74, 6) is 1.59. The quantitative estimate of drug-likeness (QED) is 0.761. The fraction of sp³-hybridized carbons (Fsp3) is 0.632. The van der Waals surface area contributed by atoms with E-state index in [2.05, 4.69) is 42.3 Å². The zero-order chi connectivity index (χ0) is 16.9. The van der Waals surface area contributed by atoms with E-state index in [0.29, 0.717) is 18.0 Å². The molecule has 0 aromatic carbocycles. The standard InChI is InChI=1S/C19H30N4O/c1-4-6-15(5-2)18-11-19(21-14(3)9-10-20-22-18)23-16-7-8-17(23)13-24-12-16/h4,9-11,15-18,20,22H,1,5-8,12-13H2,2-3H3/b10-9-,19-11-,21-14-. The summed E-state index contributed by atoms with van der Waals surface area (Å²) in [6.07, 6.45) is 12.7. The van der Waals surface area contributed by atoms with Gasteiger partial charge in [-0.3, -0.25) is 0 Å². The molecule has 3 aliphatic heterocycles. The van der Waals surface area contributed by atoms with Crippen molar-refractivity contribution in [3.05, 3.63) is 36.8 Å². The largest absolute Gasteiger partial charge is 0.377 e. The van der Waals surface area contributed by atoms with Crippen LogP contribution < -0.4 is 10.9 Å². The van der Waals surface area contributed by atoms with Crippen molar-refractivity contribution in [3.8, 4) is 0 Å². The number of allylic oxidation sites excluding steroid dienone is 2. The minimum atomic E-state index is 0.213. The van der Waals surface area contributed by atoms with Crippen molar-refractivity contribution in [3.63, 3.8) is 0 Å². The summed E-state index contributed by atoms with van der Waals surface area (Å²) in [5, 5.41) is 0. The third kappa shape index (κ3) is 3.73. The normalized spacial score (nSPS) is 36.9. The van der Waals surface area contributed by atoms with Gasteiger partial charge >= 0.3 is 0 Å². The Bertz CT molecular complexity index is 523. The van der Waals surface area contributed by atoms with Crippen LogP contribution in [-0.2, 0) is 4.74 Å². The van der Waals surface area contributed by atoms with Crippen molar-refractivity contribution in [2.75, 3.05) is 13.2 Å². The molecule has 3 aliphatic rings. The number of ether oxygens (including phenoxy) is 1. The van der Waals surface area contributed by atoms with Crippen molar-refractivity contribution >= 4 is 5.71 Å². The first-order valence-corrected chi connectivity index (χ1v) is 9.14. The fourth-order valence-corrected chi connectivity index (χ4v) is 3.95. The van der Waals surface area contributed by atoms with Crippen LogP contribution in [-0.4, -0.2) is 42.0 Å². The number of hydrogen-bond donors (Lipinski definition) is 2. The molecular weight excluding hydrogens is 300 g/mol. The van der Waals surface area contributed by atoms with E-state index in [9.17, 15) is 0 Å². The second-order valence-electron chi connectivity index (χ2n) is 6.95. The van der Waals surface area contributed by atoms with Crippen LogP contribution >= 0.6 is 0 Å². The summed E-state index contributed by atoms with van der Waals surface area (Å²) >= 11 is 0. The van der Waals surface area contributed by atoms with E-state index in [1.54, 1.807) is 0 Å². The van der Waals surface area contributed by atoms with Gasteiger partial charge in [0.25, 0.3) is 0 Å². The summed E-state index contributed by atoms with van der Waals surface area (Å²) in [5.41, 5.74) is 7.67. The zero-order valence-corrected chi connectivity index (χ0v) is 14.9. The molecule has 0 spiro atoms. The van der Waals surface area contributed by atoms with Crippen LogP contribution in [0.15, 0.2) is 41.8 Å². The first kappa shape index (κ1) is 17.2. The Balaban J connectivity index is 1.93. The Kier molecular flexibility index (Phi) is 5.74. The van der Waals surface area contributed by atoms with Crippen LogP contribution in [0.1, 0.15) is 39.5 Å². The van der Waals surface area contributed by atoms with Gasteiger partial charge in [0, 0.05) is 11.9 Å². The summed E-state index contributed by atoms with van der Waals surface area (Å²) < 4.78 is 5.75.